The Bertz CT molecular complexity index is 513. The van der Waals surface area contributed by atoms with Gasteiger partial charge in [0.05, 0.1) is 10.9 Å². The molecule has 0 bridgehead atoms. The number of thiazole rings is 1. The second-order valence-electron chi connectivity index (χ2n) is 3.58. The number of nitrogens with zero attached hydrogens (tertiary/aromatic N) is 1. The molecular weight excluding hydrogens is 258 g/mol. The van der Waals surface area contributed by atoms with Gasteiger partial charge in [-0.25, -0.2) is 4.98 Å². The topological polar surface area (TPSA) is 50.2 Å². The maximum Gasteiger partial charge on any atom is 0.311 e. The third-order valence-corrected chi connectivity index (χ3v) is 3.45. The van der Waals surface area contributed by atoms with Gasteiger partial charge in [-0.2, -0.15) is 0 Å². The first-order valence-corrected chi connectivity index (χ1v) is 6.29. The number of hydrogen-bond donors (Lipinski definition) is 1. The Kier molecular flexibility index (Phi) is 3.76. The van der Waals surface area contributed by atoms with E-state index in [0.717, 1.165) is 5.01 Å². The van der Waals surface area contributed by atoms with Gasteiger partial charge in [-0.1, -0.05) is 23.7 Å². The van der Waals surface area contributed by atoms with E-state index in [-0.39, 0.29) is 0 Å². The van der Waals surface area contributed by atoms with Crippen molar-refractivity contribution in [2.24, 2.45) is 0 Å². The molecule has 1 aromatic heterocycles. The molecule has 88 valence electrons. The molecule has 0 aliphatic heterocycles. The van der Waals surface area contributed by atoms with Gasteiger partial charge < -0.3 is 5.11 Å². The predicted octanol–water partition coefficient (Wildman–Crippen LogP) is 3.21. The highest BCUT2D eigenvalue weighted by molar-refractivity contribution is 7.09. The number of rotatable bonds is 4. The lowest BCUT2D eigenvalue weighted by Crippen LogP contribution is -2.14. The van der Waals surface area contributed by atoms with Crippen molar-refractivity contribution in [2.75, 3.05) is 0 Å². The first-order chi connectivity index (χ1) is 8.16. The van der Waals surface area contributed by atoms with Gasteiger partial charge in [-0.15, -0.1) is 11.3 Å². The summed E-state index contributed by atoms with van der Waals surface area (Å²) in [7, 11) is 0. The normalized spacial score (nSPS) is 12.3. The van der Waals surface area contributed by atoms with Crippen molar-refractivity contribution in [2.45, 2.75) is 12.3 Å². The molecule has 0 saturated heterocycles. The molecule has 3 nitrogen and oxygen atoms in total. The van der Waals surface area contributed by atoms with Gasteiger partial charge in [0.15, 0.2) is 0 Å². The molecule has 5 heteroatoms. The van der Waals surface area contributed by atoms with E-state index in [4.69, 9.17) is 11.6 Å². The van der Waals surface area contributed by atoms with Crippen LogP contribution in [0.1, 0.15) is 16.5 Å². The monoisotopic (exact) mass is 267 g/mol. The standard InChI is InChI=1S/C12H10ClNO2S/c13-9-3-1-2-8(6-9)10(12(15)16)7-11-14-4-5-17-11/h1-6,10H,7H2,(H,15,16). The summed E-state index contributed by atoms with van der Waals surface area (Å²) in [5.74, 6) is -1.46. The number of aromatic nitrogens is 1. The van der Waals surface area contributed by atoms with E-state index >= 15 is 0 Å². The van der Waals surface area contributed by atoms with E-state index in [9.17, 15) is 9.90 Å². The van der Waals surface area contributed by atoms with Crippen LogP contribution in [0.4, 0.5) is 0 Å². The fourth-order valence-corrected chi connectivity index (χ4v) is 2.46. The van der Waals surface area contributed by atoms with Crippen LogP contribution in [0.15, 0.2) is 35.8 Å². The molecule has 1 heterocycles. The van der Waals surface area contributed by atoms with E-state index in [1.165, 1.54) is 11.3 Å². The fraction of sp³-hybridized carbons (Fsp3) is 0.167. The molecule has 0 spiro atoms. The number of aliphatic carboxylic acids is 1. The molecule has 0 saturated carbocycles. The van der Waals surface area contributed by atoms with Crippen molar-refractivity contribution in [3.63, 3.8) is 0 Å². The number of halogens is 1. The number of benzene rings is 1. The zero-order chi connectivity index (χ0) is 12.3. The van der Waals surface area contributed by atoms with Gasteiger partial charge in [0.1, 0.15) is 0 Å². The summed E-state index contributed by atoms with van der Waals surface area (Å²) >= 11 is 7.33. The summed E-state index contributed by atoms with van der Waals surface area (Å²) in [5, 5.41) is 12.5. The zero-order valence-electron chi connectivity index (χ0n) is 8.84. The van der Waals surface area contributed by atoms with Crippen molar-refractivity contribution >= 4 is 28.9 Å². The first kappa shape index (κ1) is 12.1. The Hall–Kier alpha value is -1.39. The molecule has 0 amide bonds. The molecule has 0 fully saturated rings. The average Bonchev–Trinajstić information content (AvgIpc) is 2.78. The van der Waals surface area contributed by atoms with E-state index in [0.29, 0.717) is 17.0 Å². The summed E-state index contributed by atoms with van der Waals surface area (Å²) in [6.07, 6.45) is 2.07. The first-order valence-electron chi connectivity index (χ1n) is 5.03. The minimum atomic E-state index is -0.859. The van der Waals surface area contributed by atoms with Crippen LogP contribution in [0.25, 0.3) is 0 Å². The highest BCUT2D eigenvalue weighted by Crippen LogP contribution is 2.24. The van der Waals surface area contributed by atoms with Gasteiger partial charge in [0.25, 0.3) is 0 Å². The third kappa shape index (κ3) is 3.05. The Morgan fingerprint density at radius 1 is 1.53 bits per heavy atom. The minimum absolute atomic E-state index is 0.396. The van der Waals surface area contributed by atoms with E-state index in [1.54, 1.807) is 30.5 Å². The Labute approximate surface area is 108 Å². The lowest BCUT2D eigenvalue weighted by Gasteiger charge is -2.11. The zero-order valence-corrected chi connectivity index (χ0v) is 10.4. The fourth-order valence-electron chi connectivity index (χ4n) is 1.60. The molecule has 1 unspecified atom stereocenters. The van der Waals surface area contributed by atoms with Gasteiger partial charge in [0.2, 0.25) is 0 Å². The molecule has 1 N–H and O–H groups in total. The summed E-state index contributed by atoms with van der Waals surface area (Å²) in [4.78, 5) is 15.4. The number of carbonyl (C=O) groups is 1. The number of carboxylic acids is 1. The van der Waals surface area contributed by atoms with Crippen LogP contribution in [0.5, 0.6) is 0 Å². The van der Waals surface area contributed by atoms with Gasteiger partial charge in [-0.05, 0) is 17.7 Å². The van der Waals surface area contributed by atoms with Gasteiger partial charge in [-0.3, -0.25) is 4.79 Å². The Balaban J connectivity index is 2.26. The minimum Gasteiger partial charge on any atom is -0.481 e. The molecule has 1 aromatic carbocycles. The second kappa shape index (κ2) is 5.29. The van der Waals surface area contributed by atoms with E-state index in [1.807, 2.05) is 5.38 Å². The SMILES string of the molecule is O=C(O)C(Cc1nccs1)c1cccc(Cl)c1. The summed E-state index contributed by atoms with van der Waals surface area (Å²) in [5.41, 5.74) is 0.709. The number of carboxylic acid groups (broad SMARTS) is 1. The molecule has 2 aromatic rings. The van der Waals surface area contributed by atoms with Crippen molar-refractivity contribution in [3.05, 3.63) is 51.4 Å². The third-order valence-electron chi connectivity index (χ3n) is 2.41. The van der Waals surface area contributed by atoms with Crippen molar-refractivity contribution in [1.29, 1.82) is 0 Å². The summed E-state index contributed by atoms with van der Waals surface area (Å²) in [6, 6.07) is 6.95. The second-order valence-corrected chi connectivity index (χ2v) is 4.99. The van der Waals surface area contributed by atoms with Crippen LogP contribution < -0.4 is 0 Å². The molecule has 0 aliphatic rings. The number of hydrogen-bond acceptors (Lipinski definition) is 3. The lowest BCUT2D eigenvalue weighted by molar-refractivity contribution is -0.138. The van der Waals surface area contributed by atoms with E-state index < -0.39 is 11.9 Å². The largest absolute Gasteiger partial charge is 0.481 e. The van der Waals surface area contributed by atoms with Crippen LogP contribution in [0.3, 0.4) is 0 Å². The molecule has 17 heavy (non-hydrogen) atoms. The van der Waals surface area contributed by atoms with Crippen molar-refractivity contribution in [1.82, 2.24) is 4.98 Å². The molecular formula is C12H10ClNO2S. The summed E-state index contributed by atoms with van der Waals surface area (Å²) < 4.78 is 0. The predicted molar refractivity (Wildman–Crippen MR) is 67.6 cm³/mol. The van der Waals surface area contributed by atoms with Gasteiger partial charge in [0, 0.05) is 23.0 Å². The van der Waals surface area contributed by atoms with Crippen molar-refractivity contribution in [3.8, 4) is 0 Å². The Morgan fingerprint density at radius 2 is 2.35 bits per heavy atom. The lowest BCUT2D eigenvalue weighted by atomic mass is 9.96. The highest BCUT2D eigenvalue weighted by atomic mass is 35.5. The average molecular weight is 268 g/mol. The van der Waals surface area contributed by atoms with Crippen LogP contribution in [-0.2, 0) is 11.2 Å². The maximum atomic E-state index is 11.3. The molecule has 0 radical (unpaired) electrons. The van der Waals surface area contributed by atoms with Crippen LogP contribution in [-0.4, -0.2) is 16.1 Å². The molecule has 0 aliphatic carbocycles. The molecule has 1 atom stereocenters. The van der Waals surface area contributed by atoms with Crippen LogP contribution in [0.2, 0.25) is 5.02 Å². The molecule has 2 rings (SSSR count). The van der Waals surface area contributed by atoms with E-state index in [2.05, 4.69) is 4.98 Å². The van der Waals surface area contributed by atoms with Crippen LogP contribution >= 0.6 is 22.9 Å². The van der Waals surface area contributed by atoms with Gasteiger partial charge >= 0.3 is 5.97 Å². The van der Waals surface area contributed by atoms with Crippen molar-refractivity contribution < 1.29 is 9.90 Å². The maximum absolute atomic E-state index is 11.3. The quantitative estimate of drug-likeness (QED) is 0.925. The smallest absolute Gasteiger partial charge is 0.311 e. The van der Waals surface area contributed by atoms with Crippen LogP contribution in [0, 0.1) is 0 Å². The summed E-state index contributed by atoms with van der Waals surface area (Å²) in [6.45, 7) is 0. The Morgan fingerprint density at radius 3 is 2.94 bits per heavy atom. The highest BCUT2D eigenvalue weighted by Gasteiger charge is 2.21.